The van der Waals surface area contributed by atoms with Gasteiger partial charge in [0.2, 0.25) is 5.91 Å². The van der Waals surface area contributed by atoms with E-state index in [0.717, 1.165) is 27.6 Å². The number of aromatic nitrogens is 4. The van der Waals surface area contributed by atoms with Crippen LogP contribution in [0.3, 0.4) is 0 Å². The number of likely N-dealkylation sites (N-methyl/N-ethyl adjacent to an activating group) is 1. The Hall–Kier alpha value is -2.37. The highest BCUT2D eigenvalue weighted by Gasteiger charge is 2.14. The molecule has 2 N–H and O–H groups in total. The molecule has 3 aromatic rings. The van der Waals surface area contributed by atoms with Crippen molar-refractivity contribution in [3.05, 3.63) is 24.3 Å². The van der Waals surface area contributed by atoms with Crippen molar-refractivity contribution in [1.29, 1.82) is 0 Å². The fourth-order valence-corrected chi connectivity index (χ4v) is 2.19. The van der Waals surface area contributed by atoms with Gasteiger partial charge in [-0.2, -0.15) is 0 Å². The Morgan fingerprint density at radius 1 is 1.50 bits per heavy atom. The third-order valence-corrected chi connectivity index (χ3v) is 3.09. The van der Waals surface area contributed by atoms with Crippen LogP contribution in [0.1, 0.15) is 5.56 Å². The summed E-state index contributed by atoms with van der Waals surface area (Å²) >= 11 is 0. The highest BCUT2D eigenvalue weighted by Crippen LogP contribution is 2.25. The fourth-order valence-electron chi connectivity index (χ4n) is 2.19. The molecule has 0 fully saturated rings. The first-order valence-corrected chi connectivity index (χ1v) is 5.67. The van der Waals surface area contributed by atoms with Crippen LogP contribution < -0.4 is 5.32 Å². The highest BCUT2D eigenvalue weighted by molar-refractivity contribution is 6.04. The Balaban J connectivity index is 2.29. The van der Waals surface area contributed by atoms with Crippen molar-refractivity contribution in [3.63, 3.8) is 0 Å². The molecular formula is C12H13N5O. The van der Waals surface area contributed by atoms with Crippen molar-refractivity contribution in [3.8, 4) is 0 Å². The summed E-state index contributed by atoms with van der Waals surface area (Å²) in [7, 11) is 3.57. The monoisotopic (exact) mass is 243 g/mol. The first-order valence-electron chi connectivity index (χ1n) is 5.67. The van der Waals surface area contributed by atoms with Crippen molar-refractivity contribution in [2.75, 3.05) is 7.05 Å². The number of nitrogens with one attached hydrogen (secondary N) is 2. The van der Waals surface area contributed by atoms with Crippen molar-refractivity contribution in [1.82, 2.24) is 24.8 Å². The van der Waals surface area contributed by atoms with E-state index in [9.17, 15) is 4.79 Å². The summed E-state index contributed by atoms with van der Waals surface area (Å²) in [6.07, 6.45) is 5.65. The first-order chi connectivity index (χ1) is 8.70. The minimum absolute atomic E-state index is 0.0185. The molecule has 18 heavy (non-hydrogen) atoms. The van der Waals surface area contributed by atoms with Gasteiger partial charge in [-0.3, -0.25) is 4.79 Å². The fraction of sp³-hybridized carbons (Fsp3) is 0.250. The molecule has 0 radical (unpaired) electrons. The SMILES string of the molecule is CNC(=O)Cc1c[nH]c2ncc3ncn(C)c3c12. The number of carbonyl (C=O) groups excluding carboxylic acids is 1. The number of H-pyrrole nitrogens is 1. The Morgan fingerprint density at radius 2 is 2.33 bits per heavy atom. The number of hydrogen-bond donors (Lipinski definition) is 2. The van der Waals surface area contributed by atoms with Gasteiger partial charge < -0.3 is 14.9 Å². The summed E-state index contributed by atoms with van der Waals surface area (Å²) in [5.41, 5.74) is 3.55. The largest absolute Gasteiger partial charge is 0.359 e. The van der Waals surface area contributed by atoms with Crippen LogP contribution in [-0.2, 0) is 18.3 Å². The minimum atomic E-state index is -0.0185. The molecule has 6 heteroatoms. The molecule has 3 rings (SSSR count). The van der Waals surface area contributed by atoms with Gasteiger partial charge >= 0.3 is 0 Å². The molecule has 0 saturated heterocycles. The lowest BCUT2D eigenvalue weighted by atomic mass is 10.1. The average Bonchev–Trinajstić information content (AvgIpc) is 2.94. The molecule has 0 spiro atoms. The van der Waals surface area contributed by atoms with E-state index < -0.39 is 0 Å². The number of pyridine rings is 1. The zero-order valence-electron chi connectivity index (χ0n) is 10.2. The molecule has 0 aromatic carbocycles. The van der Waals surface area contributed by atoms with Crippen LogP contribution in [0.25, 0.3) is 22.1 Å². The van der Waals surface area contributed by atoms with Gasteiger partial charge in [0.15, 0.2) is 0 Å². The van der Waals surface area contributed by atoms with E-state index >= 15 is 0 Å². The standard InChI is InChI=1S/C12H13N5O/c1-13-9(18)3-7-4-14-12-10(7)11-8(5-15-12)16-6-17(11)2/h4-6H,3H2,1-2H3,(H,13,18)(H,14,15). The number of carbonyl (C=O) groups is 1. The quantitative estimate of drug-likeness (QED) is 0.697. The molecule has 0 unspecified atom stereocenters. The van der Waals surface area contributed by atoms with E-state index in [1.54, 1.807) is 19.6 Å². The lowest BCUT2D eigenvalue weighted by Crippen LogP contribution is -2.19. The van der Waals surface area contributed by atoms with E-state index in [0.29, 0.717) is 6.42 Å². The second kappa shape index (κ2) is 3.83. The molecular weight excluding hydrogens is 230 g/mol. The molecule has 6 nitrogen and oxygen atoms in total. The molecule has 0 atom stereocenters. The average molecular weight is 243 g/mol. The van der Waals surface area contributed by atoms with Gasteiger partial charge in [-0.25, -0.2) is 9.97 Å². The van der Waals surface area contributed by atoms with Crippen LogP contribution in [-0.4, -0.2) is 32.5 Å². The second-order valence-corrected chi connectivity index (χ2v) is 4.23. The summed E-state index contributed by atoms with van der Waals surface area (Å²) in [6.45, 7) is 0. The molecule has 0 bridgehead atoms. The normalized spacial score (nSPS) is 11.2. The van der Waals surface area contributed by atoms with E-state index in [1.807, 2.05) is 17.8 Å². The lowest BCUT2D eigenvalue weighted by molar-refractivity contribution is -0.119. The summed E-state index contributed by atoms with van der Waals surface area (Å²) in [4.78, 5) is 23.2. The Labute approximate surface area is 103 Å². The van der Waals surface area contributed by atoms with Crippen LogP contribution in [0, 0.1) is 0 Å². The topological polar surface area (TPSA) is 75.6 Å². The Kier molecular flexibility index (Phi) is 2.29. The number of aromatic amines is 1. The number of hydrogen-bond acceptors (Lipinski definition) is 3. The minimum Gasteiger partial charge on any atom is -0.359 e. The molecule has 0 aliphatic rings. The predicted octanol–water partition coefficient (Wildman–Crippen LogP) is 0.738. The van der Waals surface area contributed by atoms with Crippen LogP contribution in [0.2, 0.25) is 0 Å². The van der Waals surface area contributed by atoms with Gasteiger partial charge in [-0.05, 0) is 5.56 Å². The smallest absolute Gasteiger partial charge is 0.224 e. The Morgan fingerprint density at radius 3 is 3.11 bits per heavy atom. The third kappa shape index (κ3) is 1.46. The van der Waals surface area contributed by atoms with Crippen molar-refractivity contribution < 1.29 is 4.79 Å². The first kappa shape index (κ1) is 10.8. The maximum atomic E-state index is 11.5. The zero-order valence-corrected chi connectivity index (χ0v) is 10.2. The van der Waals surface area contributed by atoms with Gasteiger partial charge in [0, 0.05) is 25.7 Å². The molecule has 3 aromatic heterocycles. The molecule has 1 amide bonds. The van der Waals surface area contributed by atoms with Crippen molar-refractivity contribution in [2.24, 2.45) is 7.05 Å². The van der Waals surface area contributed by atoms with Crippen molar-refractivity contribution in [2.45, 2.75) is 6.42 Å². The van der Waals surface area contributed by atoms with Gasteiger partial charge in [0.05, 0.1) is 24.5 Å². The molecule has 0 saturated carbocycles. The van der Waals surface area contributed by atoms with E-state index in [2.05, 4.69) is 20.3 Å². The molecule has 92 valence electrons. The number of fused-ring (bicyclic) bond motifs is 3. The summed E-state index contributed by atoms with van der Waals surface area (Å²) < 4.78 is 1.94. The van der Waals surface area contributed by atoms with Crippen molar-refractivity contribution >= 4 is 28.0 Å². The maximum Gasteiger partial charge on any atom is 0.224 e. The van der Waals surface area contributed by atoms with Crippen LogP contribution >= 0.6 is 0 Å². The predicted molar refractivity (Wildman–Crippen MR) is 68.1 cm³/mol. The number of rotatable bonds is 2. The van der Waals surface area contributed by atoms with Crippen LogP contribution in [0.5, 0.6) is 0 Å². The van der Waals surface area contributed by atoms with Gasteiger partial charge in [0.25, 0.3) is 0 Å². The van der Waals surface area contributed by atoms with Crippen LogP contribution in [0.4, 0.5) is 0 Å². The number of nitrogens with zero attached hydrogens (tertiary/aromatic N) is 3. The van der Waals surface area contributed by atoms with E-state index in [4.69, 9.17) is 0 Å². The number of aryl methyl sites for hydroxylation is 1. The molecule has 0 aliphatic heterocycles. The van der Waals surface area contributed by atoms with Crippen LogP contribution in [0.15, 0.2) is 18.7 Å². The van der Waals surface area contributed by atoms with Gasteiger partial charge in [-0.15, -0.1) is 0 Å². The maximum absolute atomic E-state index is 11.5. The van der Waals surface area contributed by atoms with Gasteiger partial charge in [0.1, 0.15) is 11.2 Å². The molecule has 0 aliphatic carbocycles. The summed E-state index contributed by atoms with van der Waals surface area (Å²) in [6, 6.07) is 0. The van der Waals surface area contributed by atoms with E-state index in [-0.39, 0.29) is 5.91 Å². The van der Waals surface area contributed by atoms with Gasteiger partial charge in [-0.1, -0.05) is 0 Å². The highest BCUT2D eigenvalue weighted by atomic mass is 16.1. The second-order valence-electron chi connectivity index (χ2n) is 4.23. The van der Waals surface area contributed by atoms with E-state index in [1.165, 1.54) is 0 Å². The lowest BCUT2D eigenvalue weighted by Gasteiger charge is -2.01. The summed E-state index contributed by atoms with van der Waals surface area (Å²) in [5.74, 6) is -0.0185. The number of imidazole rings is 1. The zero-order chi connectivity index (χ0) is 12.7. The number of amides is 1. The third-order valence-electron chi connectivity index (χ3n) is 3.09. The Bertz CT molecular complexity index is 739. The summed E-state index contributed by atoms with van der Waals surface area (Å²) in [5, 5.41) is 3.60. The molecule has 3 heterocycles.